The van der Waals surface area contributed by atoms with Crippen molar-refractivity contribution in [1.82, 2.24) is 9.36 Å². The van der Waals surface area contributed by atoms with Gasteiger partial charge < -0.3 is 0 Å². The van der Waals surface area contributed by atoms with E-state index in [0.29, 0.717) is 13.1 Å². The molecule has 3 rings (SSSR count). The summed E-state index contributed by atoms with van der Waals surface area (Å²) in [5.41, 5.74) is -0.549. The molecule has 0 amide bonds. The normalized spacial score (nSPS) is 14.5. The van der Waals surface area contributed by atoms with Gasteiger partial charge in [-0.15, -0.1) is 0 Å². The van der Waals surface area contributed by atoms with E-state index in [1.165, 1.54) is 21.5 Å². The number of anilines is 1. The lowest BCUT2D eigenvalue weighted by Gasteiger charge is -2.16. The van der Waals surface area contributed by atoms with Gasteiger partial charge in [0.05, 0.1) is 22.0 Å². The molecule has 0 radical (unpaired) electrons. The van der Waals surface area contributed by atoms with Gasteiger partial charge in [-0.2, -0.15) is 4.39 Å². The smallest absolute Gasteiger partial charge is 0.277 e. The topological polar surface area (TPSA) is 73.1 Å². The Hall–Kier alpha value is -1.51. The Bertz CT molecular complexity index is 982. The van der Waals surface area contributed by atoms with Crippen molar-refractivity contribution in [3.8, 4) is 11.1 Å². The summed E-state index contributed by atoms with van der Waals surface area (Å²) in [7, 11) is -3.59. The summed E-state index contributed by atoms with van der Waals surface area (Å²) in [4.78, 5) is 12.5. The van der Waals surface area contributed by atoms with Crippen LogP contribution < -0.4 is 10.3 Å². The molecule has 0 spiro atoms. The molecule has 0 saturated carbocycles. The summed E-state index contributed by atoms with van der Waals surface area (Å²) in [6.07, 6.45) is 2.53. The molecular formula is C14H14Cl2FN3O3S. The maximum atomic E-state index is 14.7. The van der Waals surface area contributed by atoms with Gasteiger partial charge in [0.25, 0.3) is 5.56 Å². The highest BCUT2D eigenvalue weighted by atomic mass is 35.5. The van der Waals surface area contributed by atoms with E-state index in [2.05, 4.69) is 4.72 Å². The van der Waals surface area contributed by atoms with Gasteiger partial charge in [-0.05, 0) is 25.0 Å². The van der Waals surface area contributed by atoms with Crippen molar-refractivity contribution in [3.05, 3.63) is 38.5 Å². The second-order valence-electron chi connectivity index (χ2n) is 5.61. The van der Waals surface area contributed by atoms with Gasteiger partial charge in [0.15, 0.2) is 0 Å². The van der Waals surface area contributed by atoms with Crippen LogP contribution in [0, 0.1) is 5.95 Å². The van der Waals surface area contributed by atoms with Crippen LogP contribution in [0.3, 0.4) is 0 Å². The zero-order chi connectivity index (χ0) is 17.6. The number of hydrogen-bond acceptors (Lipinski definition) is 3. The van der Waals surface area contributed by atoms with Crippen LogP contribution in [0.4, 0.5) is 10.1 Å². The number of sulfonamides is 1. The number of halogens is 3. The number of benzene rings is 1. The van der Waals surface area contributed by atoms with E-state index >= 15 is 0 Å². The third-order valence-corrected chi connectivity index (χ3v) is 5.00. The Kier molecular flexibility index (Phi) is 4.39. The highest BCUT2D eigenvalue weighted by molar-refractivity contribution is 7.92. The van der Waals surface area contributed by atoms with Crippen LogP contribution in [0.1, 0.15) is 12.8 Å². The Morgan fingerprint density at radius 2 is 1.75 bits per heavy atom. The second kappa shape index (κ2) is 6.09. The van der Waals surface area contributed by atoms with Crippen LogP contribution in [0.15, 0.2) is 16.9 Å². The van der Waals surface area contributed by atoms with Crippen LogP contribution >= 0.6 is 23.2 Å². The molecule has 1 N–H and O–H groups in total. The quantitative estimate of drug-likeness (QED) is 0.870. The van der Waals surface area contributed by atoms with Crippen molar-refractivity contribution < 1.29 is 12.8 Å². The first kappa shape index (κ1) is 17.3. The molecule has 24 heavy (non-hydrogen) atoms. The van der Waals surface area contributed by atoms with Crippen LogP contribution in [0.2, 0.25) is 10.0 Å². The predicted octanol–water partition coefficient (Wildman–Crippen LogP) is 2.93. The molecule has 1 aromatic carbocycles. The highest BCUT2D eigenvalue weighted by Gasteiger charge is 2.25. The van der Waals surface area contributed by atoms with E-state index in [1.54, 1.807) is 0 Å². The molecular weight excluding hydrogens is 380 g/mol. The van der Waals surface area contributed by atoms with E-state index in [4.69, 9.17) is 23.2 Å². The molecule has 130 valence electrons. The number of fused-ring (bicyclic) bond motifs is 1. The maximum absolute atomic E-state index is 14.7. The first-order valence-electron chi connectivity index (χ1n) is 7.15. The minimum atomic E-state index is -3.59. The lowest BCUT2D eigenvalue weighted by Crippen LogP contribution is -2.27. The molecule has 1 aromatic heterocycles. The van der Waals surface area contributed by atoms with Crippen molar-refractivity contribution in [3.63, 3.8) is 0 Å². The average Bonchev–Trinajstić information content (AvgIpc) is 2.74. The molecule has 0 unspecified atom stereocenters. The summed E-state index contributed by atoms with van der Waals surface area (Å²) in [5.74, 6) is -0.686. The molecule has 0 aliphatic carbocycles. The lowest BCUT2D eigenvalue weighted by molar-refractivity contribution is 0.310. The Balaban J connectivity index is 2.22. The van der Waals surface area contributed by atoms with E-state index in [0.717, 1.165) is 19.1 Å². The molecule has 0 bridgehead atoms. The molecule has 2 aromatic rings. The van der Waals surface area contributed by atoms with Gasteiger partial charge in [-0.1, -0.05) is 23.2 Å². The largest absolute Gasteiger partial charge is 0.282 e. The fourth-order valence-corrected chi connectivity index (χ4v) is 3.92. The second-order valence-corrected chi connectivity index (χ2v) is 8.17. The van der Waals surface area contributed by atoms with Gasteiger partial charge in [0, 0.05) is 18.7 Å². The van der Waals surface area contributed by atoms with E-state index in [-0.39, 0.29) is 26.9 Å². The van der Waals surface area contributed by atoms with Crippen molar-refractivity contribution in [2.75, 3.05) is 11.0 Å². The van der Waals surface area contributed by atoms with Gasteiger partial charge in [-0.3, -0.25) is 14.2 Å². The fraction of sp³-hybridized carbons (Fsp3) is 0.357. The summed E-state index contributed by atoms with van der Waals surface area (Å²) in [6.45, 7) is 0.830. The number of aromatic nitrogens is 2. The number of nitrogens with zero attached hydrogens (tertiary/aromatic N) is 2. The number of hydrogen-bond donors (Lipinski definition) is 1. The van der Waals surface area contributed by atoms with Gasteiger partial charge in [0.1, 0.15) is 5.56 Å². The molecule has 0 atom stereocenters. The summed E-state index contributed by atoms with van der Waals surface area (Å²) in [5, 5.41) is 0.122. The minimum Gasteiger partial charge on any atom is -0.282 e. The predicted molar refractivity (Wildman–Crippen MR) is 91.8 cm³/mol. The van der Waals surface area contributed by atoms with E-state index in [1.807, 2.05) is 0 Å². The number of nitrogens with one attached hydrogen (secondary N) is 1. The minimum absolute atomic E-state index is 0.0338. The molecule has 1 aliphatic heterocycles. The van der Waals surface area contributed by atoms with Crippen LogP contribution in [0.25, 0.3) is 11.1 Å². The van der Waals surface area contributed by atoms with Crippen molar-refractivity contribution in [1.29, 1.82) is 0 Å². The van der Waals surface area contributed by atoms with Gasteiger partial charge in [0.2, 0.25) is 16.0 Å². The molecule has 2 heterocycles. The lowest BCUT2D eigenvalue weighted by atomic mass is 10.1. The molecule has 6 nitrogen and oxygen atoms in total. The highest BCUT2D eigenvalue weighted by Crippen LogP contribution is 2.36. The van der Waals surface area contributed by atoms with E-state index in [9.17, 15) is 17.6 Å². The van der Waals surface area contributed by atoms with E-state index < -0.39 is 21.5 Å². The van der Waals surface area contributed by atoms with Crippen molar-refractivity contribution in [2.24, 2.45) is 0 Å². The fourth-order valence-electron chi connectivity index (χ4n) is 2.77. The maximum Gasteiger partial charge on any atom is 0.277 e. The molecule has 0 saturated heterocycles. The standard InChI is InChI=1S/C14H14Cl2FN3O3S/c1-24(22,23)18-11-6-8(9(15)7-10(11)16)12-13(17)19-4-2-3-5-20(19)14(12)21/h6-7,18H,2-5H2,1H3. The number of rotatable bonds is 3. The summed E-state index contributed by atoms with van der Waals surface area (Å²) >= 11 is 12.1. The summed E-state index contributed by atoms with van der Waals surface area (Å²) < 4.78 is 42.4. The Morgan fingerprint density at radius 1 is 1.12 bits per heavy atom. The Labute approximate surface area is 147 Å². The molecule has 0 fully saturated rings. The van der Waals surface area contributed by atoms with Crippen LogP contribution in [-0.4, -0.2) is 24.0 Å². The van der Waals surface area contributed by atoms with Crippen molar-refractivity contribution >= 4 is 38.9 Å². The van der Waals surface area contributed by atoms with Crippen molar-refractivity contribution in [2.45, 2.75) is 25.9 Å². The zero-order valence-electron chi connectivity index (χ0n) is 12.6. The van der Waals surface area contributed by atoms with Crippen LogP contribution in [0.5, 0.6) is 0 Å². The third kappa shape index (κ3) is 3.05. The monoisotopic (exact) mass is 393 g/mol. The Morgan fingerprint density at radius 3 is 2.33 bits per heavy atom. The van der Waals surface area contributed by atoms with Gasteiger partial charge >= 0.3 is 0 Å². The first-order valence-corrected chi connectivity index (χ1v) is 9.80. The zero-order valence-corrected chi connectivity index (χ0v) is 15.0. The van der Waals surface area contributed by atoms with Gasteiger partial charge in [-0.25, -0.2) is 13.1 Å². The van der Waals surface area contributed by atoms with Crippen LogP contribution in [-0.2, 0) is 23.1 Å². The average molecular weight is 394 g/mol. The first-order chi connectivity index (χ1) is 11.2. The third-order valence-electron chi connectivity index (χ3n) is 3.78. The molecule has 1 aliphatic rings. The molecule has 10 heteroatoms. The summed E-state index contributed by atoms with van der Waals surface area (Å²) in [6, 6.07) is 2.56. The SMILES string of the molecule is CS(=O)(=O)Nc1cc(-c2c(F)n3n(c2=O)CCCC3)c(Cl)cc1Cl.